The van der Waals surface area contributed by atoms with Gasteiger partial charge in [-0.3, -0.25) is 14.3 Å². The van der Waals surface area contributed by atoms with Gasteiger partial charge in [0.25, 0.3) is 10.1 Å². The molecule has 0 unspecified atom stereocenters. The number of nitrogens with zero attached hydrogens (tertiary/aromatic N) is 3. The standard InChI is InChI=1S/C26H29N3O6S/c1-3-29(4-2)17-14-21-26(23(15-17)36(32,33)34)28-25-19-11-8-7-10-18(19)20(16-22(25)35-21)27-13-9-5-6-12-24(30)31/h7-8,10-11,14-16H,3-6,9,12-13H2,1-2H3,(H,30,31)(H,32,33,34)/b27-20-. The monoisotopic (exact) mass is 511 g/mol. The molecule has 0 saturated carbocycles. The third-order valence-corrected chi connectivity index (χ3v) is 7.03. The van der Waals surface area contributed by atoms with Gasteiger partial charge in [0.05, 0.1) is 5.36 Å². The molecule has 9 nitrogen and oxygen atoms in total. The van der Waals surface area contributed by atoms with Crippen LogP contribution in [0.15, 0.2) is 56.8 Å². The number of carboxylic acid groups (broad SMARTS) is 1. The summed E-state index contributed by atoms with van der Waals surface area (Å²) >= 11 is 0. The second-order valence-corrected chi connectivity index (χ2v) is 9.92. The first kappa shape index (κ1) is 25.6. The van der Waals surface area contributed by atoms with Gasteiger partial charge in [0.15, 0.2) is 11.3 Å². The van der Waals surface area contributed by atoms with E-state index >= 15 is 0 Å². The molecule has 1 aliphatic heterocycles. The largest absolute Gasteiger partial charge is 0.481 e. The van der Waals surface area contributed by atoms with Crippen molar-refractivity contribution in [3.05, 3.63) is 47.8 Å². The van der Waals surface area contributed by atoms with Crippen LogP contribution in [-0.4, -0.2) is 48.7 Å². The Labute approximate surface area is 209 Å². The lowest BCUT2D eigenvalue weighted by Crippen LogP contribution is -2.22. The maximum absolute atomic E-state index is 12.3. The van der Waals surface area contributed by atoms with Crippen molar-refractivity contribution >= 4 is 43.6 Å². The molecule has 0 bridgehead atoms. The predicted octanol–water partition coefficient (Wildman–Crippen LogP) is 4.72. The molecular weight excluding hydrogens is 482 g/mol. The van der Waals surface area contributed by atoms with E-state index in [1.165, 1.54) is 6.07 Å². The van der Waals surface area contributed by atoms with E-state index in [1.807, 2.05) is 43.0 Å². The van der Waals surface area contributed by atoms with Crippen LogP contribution in [0.3, 0.4) is 0 Å². The van der Waals surface area contributed by atoms with Crippen molar-refractivity contribution in [2.75, 3.05) is 24.5 Å². The number of fused-ring (bicyclic) bond motifs is 4. The molecular formula is C26H29N3O6S. The van der Waals surface area contributed by atoms with E-state index in [2.05, 4.69) is 4.98 Å². The van der Waals surface area contributed by atoms with Crippen LogP contribution in [0.2, 0.25) is 0 Å². The predicted molar refractivity (Wildman–Crippen MR) is 138 cm³/mol. The van der Waals surface area contributed by atoms with Gasteiger partial charge in [-0.25, -0.2) is 4.98 Å². The van der Waals surface area contributed by atoms with Crippen molar-refractivity contribution in [2.24, 2.45) is 4.99 Å². The van der Waals surface area contributed by atoms with Gasteiger partial charge in [-0.15, -0.1) is 0 Å². The minimum Gasteiger partial charge on any atom is -0.481 e. The van der Waals surface area contributed by atoms with Gasteiger partial charge in [0.2, 0.25) is 0 Å². The molecule has 2 aromatic carbocycles. The molecule has 0 amide bonds. The summed E-state index contributed by atoms with van der Waals surface area (Å²) in [5, 5.41) is 11.1. The Hall–Kier alpha value is -3.50. The molecule has 2 aliphatic rings. The van der Waals surface area contributed by atoms with Gasteiger partial charge < -0.3 is 14.4 Å². The Bertz CT molecular complexity index is 1560. The summed E-state index contributed by atoms with van der Waals surface area (Å²) in [6.07, 6.45) is 2.29. The summed E-state index contributed by atoms with van der Waals surface area (Å²) in [6.45, 7) is 5.74. The number of hydrogen-bond acceptors (Lipinski definition) is 7. The summed E-state index contributed by atoms with van der Waals surface area (Å²) in [4.78, 5) is 21.7. The fourth-order valence-corrected chi connectivity index (χ4v) is 5.02. The topological polar surface area (TPSA) is 133 Å². The molecule has 190 valence electrons. The number of unbranched alkanes of at least 4 members (excludes halogenated alkanes) is 2. The van der Waals surface area contributed by atoms with Crippen LogP contribution < -0.4 is 10.3 Å². The van der Waals surface area contributed by atoms with Gasteiger partial charge in [0, 0.05) is 54.6 Å². The normalized spacial score (nSPS) is 12.6. The molecule has 0 spiro atoms. The van der Waals surface area contributed by atoms with E-state index in [1.54, 1.807) is 12.1 Å². The summed E-state index contributed by atoms with van der Waals surface area (Å²) in [6, 6.07) is 12.5. The number of carbonyl (C=O) groups is 1. The summed E-state index contributed by atoms with van der Waals surface area (Å²) in [5.41, 5.74) is 1.39. The molecule has 1 aliphatic carbocycles. The summed E-state index contributed by atoms with van der Waals surface area (Å²) in [7, 11) is -4.56. The van der Waals surface area contributed by atoms with Gasteiger partial charge in [-0.1, -0.05) is 30.7 Å². The molecule has 4 rings (SSSR count). The number of carboxylic acids is 1. The fraction of sp³-hybridized carbons (Fsp3) is 0.346. The third kappa shape index (κ3) is 5.34. The second-order valence-electron chi connectivity index (χ2n) is 8.53. The van der Waals surface area contributed by atoms with E-state index in [0.29, 0.717) is 43.2 Å². The highest BCUT2D eigenvalue weighted by atomic mass is 32.2. The molecule has 0 fully saturated rings. The van der Waals surface area contributed by atoms with E-state index in [-0.39, 0.29) is 22.4 Å². The minimum atomic E-state index is -4.56. The van der Waals surface area contributed by atoms with E-state index in [0.717, 1.165) is 29.0 Å². The molecule has 10 heteroatoms. The zero-order valence-electron chi connectivity index (χ0n) is 20.3. The molecule has 0 saturated heterocycles. The number of anilines is 1. The second kappa shape index (κ2) is 10.6. The SMILES string of the molecule is CCN(CC)c1cc(S(=O)(=O)O)c2nc3c4ccccc4/c(=N\CCCCCC(=O)O)cc-3oc2c1. The number of rotatable bonds is 10. The van der Waals surface area contributed by atoms with Gasteiger partial charge >= 0.3 is 5.97 Å². The Morgan fingerprint density at radius 2 is 1.78 bits per heavy atom. The highest BCUT2D eigenvalue weighted by Gasteiger charge is 2.23. The quantitative estimate of drug-likeness (QED) is 0.135. The molecule has 2 aromatic rings. The Morgan fingerprint density at radius 3 is 2.44 bits per heavy atom. The molecule has 0 atom stereocenters. The van der Waals surface area contributed by atoms with Crippen LogP contribution in [0.1, 0.15) is 39.5 Å². The van der Waals surface area contributed by atoms with Crippen molar-refractivity contribution in [1.29, 1.82) is 0 Å². The van der Waals surface area contributed by atoms with Crippen LogP contribution in [0.25, 0.3) is 33.3 Å². The minimum absolute atomic E-state index is 0.0641. The van der Waals surface area contributed by atoms with E-state index in [4.69, 9.17) is 14.5 Å². The Morgan fingerprint density at radius 1 is 1.06 bits per heavy atom. The average Bonchev–Trinajstić information content (AvgIpc) is 2.84. The first-order valence-electron chi connectivity index (χ1n) is 12.0. The highest BCUT2D eigenvalue weighted by molar-refractivity contribution is 7.86. The number of aromatic nitrogens is 1. The summed E-state index contributed by atoms with van der Waals surface area (Å²) < 4.78 is 40.8. The first-order valence-corrected chi connectivity index (χ1v) is 13.4. The maximum atomic E-state index is 12.3. The van der Waals surface area contributed by atoms with Gasteiger partial charge in [-0.05, 0) is 32.8 Å². The van der Waals surface area contributed by atoms with Crippen LogP contribution in [0, 0.1) is 0 Å². The number of hydrogen-bond donors (Lipinski definition) is 2. The molecule has 1 heterocycles. The highest BCUT2D eigenvalue weighted by Crippen LogP contribution is 2.35. The van der Waals surface area contributed by atoms with Crippen LogP contribution in [0.4, 0.5) is 5.69 Å². The van der Waals surface area contributed by atoms with Crippen LogP contribution >= 0.6 is 0 Å². The lowest BCUT2D eigenvalue weighted by atomic mass is 10.0. The number of benzene rings is 3. The third-order valence-electron chi connectivity index (χ3n) is 6.17. The van der Waals surface area contributed by atoms with E-state index in [9.17, 15) is 17.8 Å². The molecule has 36 heavy (non-hydrogen) atoms. The van der Waals surface area contributed by atoms with Crippen molar-refractivity contribution < 1.29 is 27.3 Å². The molecule has 2 N–H and O–H groups in total. The zero-order chi connectivity index (χ0) is 25.9. The average molecular weight is 512 g/mol. The van der Waals surface area contributed by atoms with Crippen molar-refractivity contribution in [3.63, 3.8) is 0 Å². The van der Waals surface area contributed by atoms with Crippen LogP contribution in [0.5, 0.6) is 0 Å². The maximum Gasteiger partial charge on any atom is 0.303 e. The smallest absolute Gasteiger partial charge is 0.303 e. The Kier molecular flexibility index (Phi) is 7.56. The van der Waals surface area contributed by atoms with E-state index < -0.39 is 16.1 Å². The van der Waals surface area contributed by atoms with Gasteiger partial charge in [-0.2, -0.15) is 8.42 Å². The van der Waals surface area contributed by atoms with Crippen LogP contribution in [-0.2, 0) is 14.9 Å². The molecule has 0 aromatic heterocycles. The molecule has 0 radical (unpaired) electrons. The van der Waals surface area contributed by atoms with Gasteiger partial charge in [0.1, 0.15) is 16.1 Å². The first-order chi connectivity index (χ1) is 17.2. The zero-order valence-corrected chi connectivity index (χ0v) is 21.1. The van der Waals surface area contributed by atoms with Crippen molar-refractivity contribution in [3.8, 4) is 11.5 Å². The number of aliphatic carboxylic acids is 1. The fourth-order valence-electron chi connectivity index (χ4n) is 4.36. The summed E-state index contributed by atoms with van der Waals surface area (Å²) in [5.74, 6) is -0.348. The van der Waals surface area contributed by atoms with Crippen molar-refractivity contribution in [2.45, 2.75) is 44.4 Å². The lowest BCUT2D eigenvalue weighted by molar-refractivity contribution is -0.137. The Balaban J connectivity index is 1.89. The van der Waals surface area contributed by atoms with Crippen molar-refractivity contribution in [1.82, 2.24) is 4.98 Å². The lowest BCUT2D eigenvalue weighted by Gasteiger charge is -2.22.